The Bertz CT molecular complexity index is 487. The summed E-state index contributed by atoms with van der Waals surface area (Å²) in [5.41, 5.74) is 1.72. The van der Waals surface area contributed by atoms with Crippen molar-refractivity contribution < 1.29 is 4.79 Å². The molecule has 2 rings (SSSR count). The van der Waals surface area contributed by atoms with Crippen molar-refractivity contribution in [2.24, 2.45) is 11.8 Å². The summed E-state index contributed by atoms with van der Waals surface area (Å²) in [4.78, 5) is 18.8. The lowest BCUT2D eigenvalue weighted by molar-refractivity contribution is 0.0787. The maximum Gasteiger partial charge on any atom is 0.253 e. The number of amides is 1. The zero-order valence-electron chi connectivity index (χ0n) is 12.9. The molecule has 1 N–H and O–H groups in total. The van der Waals surface area contributed by atoms with E-state index in [2.05, 4.69) is 24.1 Å². The van der Waals surface area contributed by atoms with Crippen molar-refractivity contribution in [2.45, 2.75) is 33.1 Å². The van der Waals surface area contributed by atoms with Gasteiger partial charge in [0.15, 0.2) is 0 Å². The quantitative estimate of drug-likeness (QED) is 0.868. The fourth-order valence-electron chi connectivity index (χ4n) is 2.53. The van der Waals surface area contributed by atoms with Gasteiger partial charge in [0.1, 0.15) is 5.82 Å². The average molecular weight is 275 g/mol. The number of nitrogens with zero attached hydrogens (tertiary/aromatic N) is 2. The monoisotopic (exact) mass is 275 g/mol. The first-order chi connectivity index (χ1) is 9.55. The summed E-state index contributed by atoms with van der Waals surface area (Å²) in [5, 5.41) is 3.04. The molecule has 4 heteroatoms. The van der Waals surface area contributed by atoms with E-state index in [1.165, 1.54) is 6.42 Å². The van der Waals surface area contributed by atoms with Gasteiger partial charge in [-0.1, -0.05) is 20.3 Å². The van der Waals surface area contributed by atoms with Gasteiger partial charge in [0.05, 0.1) is 0 Å². The largest absolute Gasteiger partial charge is 0.373 e. The maximum atomic E-state index is 12.5. The Labute approximate surface area is 121 Å². The SMILES string of the molecule is CCCc1cc(C(=O)N(C)CC2CC2C)cc(NC)n1. The second kappa shape index (κ2) is 6.25. The van der Waals surface area contributed by atoms with Crippen LogP contribution in [0.3, 0.4) is 0 Å². The molecule has 0 aliphatic heterocycles. The second-order valence-corrected chi connectivity index (χ2v) is 5.89. The van der Waals surface area contributed by atoms with E-state index in [0.29, 0.717) is 5.92 Å². The van der Waals surface area contributed by atoms with E-state index in [4.69, 9.17) is 0 Å². The van der Waals surface area contributed by atoms with Gasteiger partial charge in [-0.05, 0) is 36.8 Å². The summed E-state index contributed by atoms with van der Waals surface area (Å²) < 4.78 is 0. The van der Waals surface area contributed by atoms with Crippen LogP contribution < -0.4 is 5.32 Å². The van der Waals surface area contributed by atoms with E-state index in [1.807, 2.05) is 31.1 Å². The van der Waals surface area contributed by atoms with Crippen LogP contribution in [0.25, 0.3) is 0 Å². The summed E-state index contributed by atoms with van der Waals surface area (Å²) in [6.45, 7) is 5.23. The van der Waals surface area contributed by atoms with Crippen molar-refractivity contribution in [3.05, 3.63) is 23.4 Å². The normalized spacial score (nSPS) is 20.6. The molecule has 2 unspecified atom stereocenters. The van der Waals surface area contributed by atoms with Gasteiger partial charge in [-0.3, -0.25) is 4.79 Å². The highest BCUT2D eigenvalue weighted by molar-refractivity contribution is 5.94. The van der Waals surface area contributed by atoms with E-state index in [1.54, 1.807) is 0 Å². The van der Waals surface area contributed by atoms with Crippen molar-refractivity contribution in [3.8, 4) is 0 Å². The molecule has 0 aromatic carbocycles. The number of hydrogen-bond acceptors (Lipinski definition) is 3. The Balaban J connectivity index is 2.12. The highest BCUT2D eigenvalue weighted by atomic mass is 16.2. The molecule has 110 valence electrons. The minimum Gasteiger partial charge on any atom is -0.373 e. The number of carbonyl (C=O) groups is 1. The highest BCUT2D eigenvalue weighted by Crippen LogP contribution is 2.38. The second-order valence-electron chi connectivity index (χ2n) is 5.89. The van der Waals surface area contributed by atoms with E-state index in [0.717, 1.165) is 42.4 Å². The maximum absolute atomic E-state index is 12.5. The smallest absolute Gasteiger partial charge is 0.253 e. The number of hydrogen-bond donors (Lipinski definition) is 1. The molecule has 0 radical (unpaired) electrons. The molecule has 2 atom stereocenters. The van der Waals surface area contributed by atoms with Gasteiger partial charge in [-0.15, -0.1) is 0 Å². The van der Waals surface area contributed by atoms with E-state index < -0.39 is 0 Å². The molecule has 1 aromatic rings. The van der Waals surface area contributed by atoms with Crippen LogP contribution >= 0.6 is 0 Å². The third kappa shape index (κ3) is 3.50. The van der Waals surface area contributed by atoms with Crippen molar-refractivity contribution >= 4 is 11.7 Å². The Morgan fingerprint density at radius 1 is 1.50 bits per heavy atom. The van der Waals surface area contributed by atoms with Crippen molar-refractivity contribution in [1.29, 1.82) is 0 Å². The third-order valence-corrected chi connectivity index (χ3v) is 4.02. The fraction of sp³-hybridized carbons (Fsp3) is 0.625. The summed E-state index contributed by atoms with van der Waals surface area (Å²) >= 11 is 0. The van der Waals surface area contributed by atoms with E-state index in [-0.39, 0.29) is 5.91 Å². The summed E-state index contributed by atoms with van der Waals surface area (Å²) in [5.74, 6) is 2.32. The van der Waals surface area contributed by atoms with Crippen LogP contribution in [0.4, 0.5) is 5.82 Å². The van der Waals surface area contributed by atoms with Crippen LogP contribution in [-0.4, -0.2) is 36.4 Å². The topological polar surface area (TPSA) is 45.2 Å². The average Bonchev–Trinajstić information content (AvgIpc) is 3.13. The number of aromatic nitrogens is 1. The zero-order valence-corrected chi connectivity index (χ0v) is 12.9. The van der Waals surface area contributed by atoms with E-state index >= 15 is 0 Å². The standard InChI is InChI=1S/C16H25N3O/c1-5-6-14-8-12(9-15(17-3)18-14)16(20)19(4)10-13-7-11(13)2/h8-9,11,13H,5-7,10H2,1-4H3,(H,17,18). The van der Waals surface area contributed by atoms with E-state index in [9.17, 15) is 4.79 Å². The van der Waals surface area contributed by atoms with Crippen LogP contribution in [0.5, 0.6) is 0 Å². The number of carbonyl (C=O) groups excluding carboxylic acids is 1. The molecule has 0 saturated heterocycles. The summed E-state index contributed by atoms with van der Waals surface area (Å²) in [6.07, 6.45) is 3.18. The molecule has 1 fully saturated rings. The Morgan fingerprint density at radius 3 is 2.75 bits per heavy atom. The fourth-order valence-corrected chi connectivity index (χ4v) is 2.53. The van der Waals surface area contributed by atoms with Crippen molar-refractivity contribution in [1.82, 2.24) is 9.88 Å². The number of anilines is 1. The van der Waals surface area contributed by atoms with Crippen molar-refractivity contribution in [3.63, 3.8) is 0 Å². The first-order valence-electron chi connectivity index (χ1n) is 7.49. The Hall–Kier alpha value is -1.58. The zero-order chi connectivity index (χ0) is 14.7. The Kier molecular flexibility index (Phi) is 4.63. The lowest BCUT2D eigenvalue weighted by Crippen LogP contribution is -2.29. The van der Waals surface area contributed by atoms with Gasteiger partial charge in [0.2, 0.25) is 0 Å². The first kappa shape index (κ1) is 14.8. The third-order valence-electron chi connectivity index (χ3n) is 4.02. The molecule has 1 amide bonds. The molecule has 1 aliphatic carbocycles. The Morgan fingerprint density at radius 2 is 2.20 bits per heavy atom. The lowest BCUT2D eigenvalue weighted by atomic mass is 10.1. The van der Waals surface area contributed by atoms with Crippen LogP contribution in [0, 0.1) is 11.8 Å². The molecule has 1 aliphatic rings. The molecule has 0 spiro atoms. The van der Waals surface area contributed by atoms with Crippen LogP contribution in [-0.2, 0) is 6.42 Å². The minimum absolute atomic E-state index is 0.0975. The molecular weight excluding hydrogens is 250 g/mol. The molecule has 1 aromatic heterocycles. The van der Waals surface area contributed by atoms with Gasteiger partial charge in [0, 0.05) is 31.9 Å². The highest BCUT2D eigenvalue weighted by Gasteiger charge is 2.34. The molecule has 0 bridgehead atoms. The molecule has 20 heavy (non-hydrogen) atoms. The van der Waals surface area contributed by atoms with Crippen LogP contribution in [0.1, 0.15) is 42.7 Å². The minimum atomic E-state index is 0.0975. The first-order valence-corrected chi connectivity index (χ1v) is 7.49. The molecular formula is C16H25N3O. The molecule has 4 nitrogen and oxygen atoms in total. The van der Waals surface area contributed by atoms with Gasteiger partial charge in [-0.2, -0.15) is 0 Å². The van der Waals surface area contributed by atoms with Crippen LogP contribution in [0.15, 0.2) is 12.1 Å². The van der Waals surface area contributed by atoms with Crippen molar-refractivity contribution in [2.75, 3.05) is 26.0 Å². The summed E-state index contributed by atoms with van der Waals surface area (Å²) in [7, 11) is 3.73. The number of aryl methyl sites for hydroxylation is 1. The summed E-state index contributed by atoms with van der Waals surface area (Å²) in [6, 6.07) is 3.77. The predicted octanol–water partition coefficient (Wildman–Crippen LogP) is 2.80. The van der Waals surface area contributed by atoms with Gasteiger partial charge >= 0.3 is 0 Å². The van der Waals surface area contributed by atoms with Gasteiger partial charge < -0.3 is 10.2 Å². The lowest BCUT2D eigenvalue weighted by Gasteiger charge is -2.18. The predicted molar refractivity (Wildman–Crippen MR) is 82.0 cm³/mol. The van der Waals surface area contributed by atoms with Gasteiger partial charge in [0.25, 0.3) is 5.91 Å². The number of rotatable bonds is 6. The van der Waals surface area contributed by atoms with Crippen LogP contribution in [0.2, 0.25) is 0 Å². The molecule has 1 heterocycles. The number of nitrogens with one attached hydrogen (secondary N) is 1. The van der Waals surface area contributed by atoms with Gasteiger partial charge in [-0.25, -0.2) is 4.98 Å². The number of pyridine rings is 1. The molecule has 1 saturated carbocycles.